The highest BCUT2D eigenvalue weighted by atomic mass is 31.2. The Bertz CT molecular complexity index is 1210. The normalized spacial score (nSPS) is 18.4. The highest BCUT2D eigenvalue weighted by Crippen LogP contribution is 2.48. The van der Waals surface area contributed by atoms with Crippen LogP contribution >= 0.6 is 6.89 Å². The number of carbonyl (C=O) groups excluding carboxylic acids is 2. The minimum atomic E-state index is -2.38. The van der Waals surface area contributed by atoms with Crippen molar-refractivity contribution in [3.63, 3.8) is 0 Å². The van der Waals surface area contributed by atoms with E-state index < -0.39 is 12.5 Å². The van der Waals surface area contributed by atoms with Crippen LogP contribution in [0.4, 0.5) is 4.79 Å². The van der Waals surface area contributed by atoms with E-state index in [-0.39, 0.29) is 18.0 Å². The Morgan fingerprint density at radius 3 is 1.76 bits per heavy atom. The molecule has 2 fully saturated rings. The van der Waals surface area contributed by atoms with E-state index in [4.69, 9.17) is 4.74 Å². The van der Waals surface area contributed by atoms with Gasteiger partial charge in [-0.05, 0) is 56.4 Å². The Balaban J connectivity index is 1.59. The van der Waals surface area contributed by atoms with Gasteiger partial charge < -0.3 is 14.5 Å². The molecule has 2 amide bonds. The van der Waals surface area contributed by atoms with Crippen molar-refractivity contribution in [1.82, 2.24) is 9.80 Å². The number of nitrogens with zero attached hydrogens (tertiary/aromatic N) is 2. The van der Waals surface area contributed by atoms with Crippen molar-refractivity contribution < 1.29 is 14.3 Å². The molecule has 5 rings (SSSR count). The predicted octanol–water partition coefficient (Wildman–Crippen LogP) is 4.39. The summed E-state index contributed by atoms with van der Waals surface area (Å²) in [6.07, 6.45) is 1.19. The summed E-state index contributed by atoms with van der Waals surface area (Å²) in [6.45, 7) is 5.06. The summed E-state index contributed by atoms with van der Waals surface area (Å²) in [5.41, 5.74) is -0.537. The third kappa shape index (κ3) is 4.85. The molecule has 192 valence electrons. The van der Waals surface area contributed by atoms with Gasteiger partial charge >= 0.3 is 6.09 Å². The number of benzene rings is 3. The molecular formula is C31H35N2O3P. The van der Waals surface area contributed by atoms with Gasteiger partial charge in [-0.25, -0.2) is 4.79 Å². The van der Waals surface area contributed by atoms with E-state index in [0.29, 0.717) is 26.1 Å². The maximum atomic E-state index is 14.3. The molecule has 0 spiro atoms. The summed E-state index contributed by atoms with van der Waals surface area (Å²) in [5, 5.41) is 4.57. The molecule has 5 nitrogen and oxygen atoms in total. The van der Waals surface area contributed by atoms with Crippen LogP contribution in [0, 0.1) is 0 Å². The molecule has 0 N–H and O–H groups in total. The first kappa shape index (κ1) is 25.4. The Morgan fingerprint density at radius 1 is 0.811 bits per heavy atom. The number of rotatable bonds is 4. The molecule has 0 bridgehead atoms. The predicted molar refractivity (Wildman–Crippen MR) is 153 cm³/mol. The maximum absolute atomic E-state index is 14.3. The first-order chi connectivity index (χ1) is 17.8. The molecule has 2 aliphatic heterocycles. The van der Waals surface area contributed by atoms with E-state index in [1.807, 2.05) is 43.9 Å². The number of ether oxygens (including phenoxy) is 1. The summed E-state index contributed by atoms with van der Waals surface area (Å²) in [5.74, 6) is 0.126. The Kier molecular flexibility index (Phi) is 7.00. The van der Waals surface area contributed by atoms with Crippen molar-refractivity contribution in [1.29, 1.82) is 0 Å². The van der Waals surface area contributed by atoms with E-state index in [1.165, 1.54) is 15.9 Å². The zero-order chi connectivity index (χ0) is 26.0. The number of amides is 2. The third-order valence-electron chi connectivity index (χ3n) is 7.19. The lowest BCUT2D eigenvalue weighted by Gasteiger charge is -2.31. The number of carbonyl (C=O) groups is 2. The van der Waals surface area contributed by atoms with Gasteiger partial charge in [0.25, 0.3) is 5.91 Å². The fourth-order valence-electron chi connectivity index (χ4n) is 5.62. The third-order valence-corrected chi connectivity index (χ3v) is 11.6. The average Bonchev–Trinajstić information content (AvgIpc) is 3.53. The van der Waals surface area contributed by atoms with E-state index >= 15 is 0 Å². The standard InChI is InChI=1S/C31H35N2O3P/c1-31(2,3)36-30(35)32-21-19-24(23-32)33-22-20-28(29(33)34)37(25-13-7-4-8-14-25,26-15-9-5-10-16-26)27-17-11-6-12-18-27/h4-18,24H,19-23H2,1-3H3/t24-/m1/s1. The van der Waals surface area contributed by atoms with Crippen LogP contribution in [-0.2, 0) is 9.53 Å². The molecule has 0 saturated carbocycles. The van der Waals surface area contributed by atoms with E-state index in [2.05, 4.69) is 72.8 Å². The summed E-state index contributed by atoms with van der Waals surface area (Å²) in [4.78, 5) is 30.8. The van der Waals surface area contributed by atoms with Gasteiger partial charge in [0, 0.05) is 24.9 Å². The molecule has 2 heterocycles. The van der Waals surface area contributed by atoms with Gasteiger partial charge in [0.05, 0.1) is 6.04 Å². The first-order valence-corrected chi connectivity index (χ1v) is 14.8. The molecule has 3 aromatic rings. The largest absolute Gasteiger partial charge is 0.444 e. The highest BCUT2D eigenvalue weighted by molar-refractivity contribution is 7.96. The van der Waals surface area contributed by atoms with Gasteiger partial charge in [-0.3, -0.25) is 4.79 Å². The van der Waals surface area contributed by atoms with Gasteiger partial charge in [0.2, 0.25) is 0 Å². The molecular weight excluding hydrogens is 479 g/mol. The second-order valence-corrected chi connectivity index (χ2v) is 14.2. The quantitative estimate of drug-likeness (QED) is 0.485. The fourth-order valence-corrected chi connectivity index (χ4v) is 10.2. The average molecular weight is 515 g/mol. The molecule has 37 heavy (non-hydrogen) atoms. The Hall–Kier alpha value is -3.30. The van der Waals surface area contributed by atoms with Crippen molar-refractivity contribution >= 4 is 40.1 Å². The van der Waals surface area contributed by atoms with Crippen LogP contribution in [0.25, 0.3) is 0 Å². The van der Waals surface area contributed by atoms with Gasteiger partial charge in [0.15, 0.2) is 0 Å². The lowest BCUT2D eigenvalue weighted by atomic mass is 10.2. The van der Waals surface area contributed by atoms with Crippen molar-refractivity contribution in [2.24, 2.45) is 0 Å². The highest BCUT2D eigenvalue weighted by Gasteiger charge is 2.42. The van der Waals surface area contributed by atoms with Gasteiger partial charge in [0.1, 0.15) is 5.60 Å². The van der Waals surface area contributed by atoms with Crippen LogP contribution in [-0.4, -0.2) is 58.4 Å². The fraction of sp³-hybridized carbons (Fsp3) is 0.323. The van der Waals surface area contributed by atoms with Gasteiger partial charge in [-0.2, -0.15) is 0 Å². The molecule has 0 aromatic heterocycles. The van der Waals surface area contributed by atoms with Crippen LogP contribution in [0.2, 0.25) is 0 Å². The molecule has 1 atom stereocenters. The van der Waals surface area contributed by atoms with E-state index in [1.54, 1.807) is 4.90 Å². The molecule has 6 heteroatoms. The molecule has 2 saturated heterocycles. The van der Waals surface area contributed by atoms with Crippen LogP contribution in [0.3, 0.4) is 0 Å². The van der Waals surface area contributed by atoms with E-state index in [9.17, 15) is 9.59 Å². The van der Waals surface area contributed by atoms with Crippen molar-refractivity contribution in [2.45, 2.75) is 45.3 Å². The lowest BCUT2D eigenvalue weighted by molar-refractivity contribution is -0.124. The Labute approximate surface area is 220 Å². The summed E-state index contributed by atoms with van der Waals surface area (Å²) >= 11 is 0. The molecule has 0 aliphatic carbocycles. The Morgan fingerprint density at radius 2 is 1.30 bits per heavy atom. The number of hydrogen-bond donors (Lipinski definition) is 0. The SMILES string of the molecule is CC(C)(C)OC(=O)N1CC[C@@H](N2CCC(=P(c3ccccc3)(c3ccccc3)c3ccccc3)C2=O)C1. The lowest BCUT2D eigenvalue weighted by Crippen LogP contribution is -2.42. The van der Waals surface area contributed by atoms with Crippen LogP contribution in [0.15, 0.2) is 91.0 Å². The van der Waals surface area contributed by atoms with Crippen LogP contribution in [0.5, 0.6) is 0 Å². The maximum Gasteiger partial charge on any atom is 0.410 e. The van der Waals surface area contributed by atoms with Crippen molar-refractivity contribution in [3.8, 4) is 0 Å². The number of hydrogen-bond acceptors (Lipinski definition) is 3. The van der Waals surface area contributed by atoms with Gasteiger partial charge in [-0.15, -0.1) is 0 Å². The number of likely N-dealkylation sites (tertiary alicyclic amines) is 2. The summed E-state index contributed by atoms with van der Waals surface area (Å²) in [6, 6.07) is 31.6. The second-order valence-electron chi connectivity index (χ2n) is 10.7. The van der Waals surface area contributed by atoms with Crippen molar-refractivity contribution in [2.75, 3.05) is 19.6 Å². The minimum Gasteiger partial charge on any atom is -0.444 e. The second kappa shape index (κ2) is 10.2. The first-order valence-electron chi connectivity index (χ1n) is 13.0. The van der Waals surface area contributed by atoms with Crippen LogP contribution in [0.1, 0.15) is 33.6 Å². The molecule has 0 unspecified atom stereocenters. The van der Waals surface area contributed by atoms with Crippen LogP contribution < -0.4 is 15.9 Å². The summed E-state index contributed by atoms with van der Waals surface area (Å²) in [7, 11) is 0. The topological polar surface area (TPSA) is 49.9 Å². The van der Waals surface area contributed by atoms with Crippen molar-refractivity contribution in [3.05, 3.63) is 91.0 Å². The van der Waals surface area contributed by atoms with E-state index in [0.717, 1.165) is 11.7 Å². The minimum absolute atomic E-state index is 0.00161. The zero-order valence-electron chi connectivity index (χ0n) is 21.8. The molecule has 3 aromatic carbocycles. The summed E-state index contributed by atoms with van der Waals surface area (Å²) < 4.78 is 5.59. The molecule has 0 radical (unpaired) electrons. The monoisotopic (exact) mass is 514 g/mol. The smallest absolute Gasteiger partial charge is 0.410 e. The zero-order valence-corrected chi connectivity index (χ0v) is 22.7. The molecule has 2 aliphatic rings. The van der Waals surface area contributed by atoms with Gasteiger partial charge in [-0.1, -0.05) is 91.0 Å².